The Labute approximate surface area is 89.4 Å². The number of rotatable bonds is 1. The molecule has 80 valence electrons. The fourth-order valence-corrected chi connectivity index (χ4v) is 1.74. The number of morpholine rings is 1. The summed E-state index contributed by atoms with van der Waals surface area (Å²) in [4.78, 5) is 11.4. The van der Waals surface area contributed by atoms with Crippen LogP contribution in [0.3, 0.4) is 0 Å². The van der Waals surface area contributed by atoms with Crippen LogP contribution in [-0.2, 0) is 9.53 Å². The molecular formula is C12H15NO2. The number of benzene rings is 1. The molecule has 1 aliphatic heterocycles. The highest BCUT2D eigenvalue weighted by atomic mass is 16.5. The molecule has 0 aromatic heterocycles. The van der Waals surface area contributed by atoms with Crippen LogP contribution in [0.1, 0.15) is 25.5 Å². The topological polar surface area (TPSA) is 38.3 Å². The molecule has 3 nitrogen and oxygen atoms in total. The lowest BCUT2D eigenvalue weighted by molar-refractivity contribution is -0.157. The molecule has 1 atom stereocenters. The SMILES string of the molecule is CC1(C)N[C@@H](c2ccccc2)COC1=O. The summed E-state index contributed by atoms with van der Waals surface area (Å²) in [6, 6.07) is 10.1. The molecule has 1 N–H and O–H groups in total. The molecule has 0 saturated carbocycles. The number of hydrogen-bond donors (Lipinski definition) is 1. The molecule has 0 aliphatic carbocycles. The van der Waals surface area contributed by atoms with Gasteiger partial charge in [-0.1, -0.05) is 30.3 Å². The van der Waals surface area contributed by atoms with Crippen LogP contribution in [-0.4, -0.2) is 18.1 Å². The molecule has 0 bridgehead atoms. The first-order chi connectivity index (χ1) is 7.09. The number of esters is 1. The molecule has 3 heteroatoms. The largest absolute Gasteiger partial charge is 0.462 e. The van der Waals surface area contributed by atoms with Crippen molar-refractivity contribution in [3.05, 3.63) is 35.9 Å². The second kappa shape index (κ2) is 3.66. The molecule has 0 amide bonds. The summed E-state index contributed by atoms with van der Waals surface area (Å²) in [5, 5.41) is 3.28. The predicted octanol–water partition coefficient (Wildman–Crippen LogP) is 1.65. The van der Waals surface area contributed by atoms with Gasteiger partial charge in [0.05, 0.1) is 6.04 Å². The van der Waals surface area contributed by atoms with Gasteiger partial charge in [-0.25, -0.2) is 0 Å². The lowest BCUT2D eigenvalue weighted by Gasteiger charge is -2.35. The standard InChI is InChI=1S/C12H15NO2/c1-12(2)11(14)15-8-10(13-12)9-6-4-3-5-7-9/h3-7,10,13H,8H2,1-2H3/t10-/m1/s1. The molecule has 0 radical (unpaired) electrons. The smallest absolute Gasteiger partial charge is 0.325 e. The van der Waals surface area contributed by atoms with Crippen LogP contribution in [0.25, 0.3) is 0 Å². The van der Waals surface area contributed by atoms with Crippen molar-refractivity contribution in [1.29, 1.82) is 0 Å². The average Bonchev–Trinajstić information content (AvgIpc) is 2.23. The van der Waals surface area contributed by atoms with E-state index in [4.69, 9.17) is 4.74 Å². The van der Waals surface area contributed by atoms with Crippen LogP contribution in [0.4, 0.5) is 0 Å². The molecular weight excluding hydrogens is 190 g/mol. The van der Waals surface area contributed by atoms with E-state index >= 15 is 0 Å². The lowest BCUT2D eigenvalue weighted by atomic mass is 9.98. The van der Waals surface area contributed by atoms with Crippen molar-refractivity contribution in [3.8, 4) is 0 Å². The minimum atomic E-state index is -0.598. The quantitative estimate of drug-likeness (QED) is 0.708. The van der Waals surface area contributed by atoms with Crippen molar-refractivity contribution in [2.24, 2.45) is 0 Å². The second-order valence-corrected chi connectivity index (χ2v) is 4.33. The summed E-state index contributed by atoms with van der Waals surface area (Å²) in [6.45, 7) is 4.08. The van der Waals surface area contributed by atoms with Gasteiger partial charge in [-0.15, -0.1) is 0 Å². The zero-order valence-electron chi connectivity index (χ0n) is 8.99. The van der Waals surface area contributed by atoms with Crippen LogP contribution in [0.2, 0.25) is 0 Å². The summed E-state index contributed by atoms with van der Waals surface area (Å²) in [6.07, 6.45) is 0. The summed E-state index contributed by atoms with van der Waals surface area (Å²) < 4.78 is 5.16. The van der Waals surface area contributed by atoms with Crippen molar-refractivity contribution >= 4 is 5.97 Å². The summed E-state index contributed by atoms with van der Waals surface area (Å²) in [5.74, 6) is -0.185. The van der Waals surface area contributed by atoms with Crippen LogP contribution >= 0.6 is 0 Å². The normalized spacial score (nSPS) is 24.7. The lowest BCUT2D eigenvalue weighted by Crippen LogP contribution is -2.54. The van der Waals surface area contributed by atoms with Gasteiger partial charge in [0.15, 0.2) is 0 Å². The van der Waals surface area contributed by atoms with E-state index in [1.165, 1.54) is 0 Å². The Hall–Kier alpha value is -1.35. The van der Waals surface area contributed by atoms with Gasteiger partial charge < -0.3 is 4.74 Å². The predicted molar refractivity (Wildman–Crippen MR) is 57.4 cm³/mol. The maximum atomic E-state index is 11.4. The second-order valence-electron chi connectivity index (χ2n) is 4.33. The van der Waals surface area contributed by atoms with Gasteiger partial charge in [-0.2, -0.15) is 0 Å². The Morgan fingerprint density at radius 1 is 1.33 bits per heavy atom. The number of ether oxygens (including phenoxy) is 1. The van der Waals surface area contributed by atoms with Crippen molar-refractivity contribution in [2.45, 2.75) is 25.4 Å². The highest BCUT2D eigenvalue weighted by Gasteiger charge is 2.37. The van der Waals surface area contributed by atoms with Crippen molar-refractivity contribution in [2.75, 3.05) is 6.61 Å². The van der Waals surface area contributed by atoms with Gasteiger partial charge >= 0.3 is 5.97 Å². The fourth-order valence-electron chi connectivity index (χ4n) is 1.74. The van der Waals surface area contributed by atoms with E-state index in [0.717, 1.165) is 5.56 Å². The minimum absolute atomic E-state index is 0.0962. The molecule has 1 saturated heterocycles. The zero-order chi connectivity index (χ0) is 10.9. The molecule has 1 heterocycles. The van der Waals surface area contributed by atoms with Crippen molar-refractivity contribution in [3.63, 3.8) is 0 Å². The van der Waals surface area contributed by atoms with Gasteiger partial charge in [-0.3, -0.25) is 10.1 Å². The third kappa shape index (κ3) is 2.02. The highest BCUT2D eigenvalue weighted by Crippen LogP contribution is 2.22. The van der Waals surface area contributed by atoms with Crippen LogP contribution in [0, 0.1) is 0 Å². The Balaban J connectivity index is 2.17. The van der Waals surface area contributed by atoms with Gasteiger partial charge in [0.1, 0.15) is 12.1 Å². The Kier molecular flexibility index (Phi) is 2.49. The van der Waals surface area contributed by atoms with E-state index in [-0.39, 0.29) is 12.0 Å². The number of cyclic esters (lactones) is 1. The van der Waals surface area contributed by atoms with E-state index in [9.17, 15) is 4.79 Å². The highest BCUT2D eigenvalue weighted by molar-refractivity contribution is 5.80. The molecule has 0 unspecified atom stereocenters. The molecule has 1 aromatic carbocycles. The van der Waals surface area contributed by atoms with Crippen molar-refractivity contribution < 1.29 is 9.53 Å². The van der Waals surface area contributed by atoms with Gasteiger partial charge in [0.2, 0.25) is 0 Å². The molecule has 2 rings (SSSR count). The average molecular weight is 205 g/mol. The number of nitrogens with one attached hydrogen (secondary N) is 1. The van der Waals surface area contributed by atoms with Crippen molar-refractivity contribution in [1.82, 2.24) is 5.32 Å². The first-order valence-electron chi connectivity index (χ1n) is 5.09. The van der Waals surface area contributed by atoms with E-state index < -0.39 is 5.54 Å². The summed E-state index contributed by atoms with van der Waals surface area (Å²) in [7, 11) is 0. The molecule has 15 heavy (non-hydrogen) atoms. The third-order valence-electron chi connectivity index (χ3n) is 2.63. The number of carbonyl (C=O) groups is 1. The first kappa shape index (κ1) is 10.2. The van der Waals surface area contributed by atoms with Gasteiger partial charge in [0.25, 0.3) is 0 Å². The Morgan fingerprint density at radius 2 is 2.00 bits per heavy atom. The Bertz CT molecular complexity index is 359. The van der Waals surface area contributed by atoms with Gasteiger partial charge in [-0.05, 0) is 19.4 Å². The number of hydrogen-bond acceptors (Lipinski definition) is 3. The van der Waals surface area contributed by atoms with E-state index in [2.05, 4.69) is 5.32 Å². The maximum absolute atomic E-state index is 11.4. The fraction of sp³-hybridized carbons (Fsp3) is 0.417. The zero-order valence-corrected chi connectivity index (χ0v) is 8.99. The number of carbonyl (C=O) groups excluding carboxylic acids is 1. The van der Waals surface area contributed by atoms with E-state index in [1.54, 1.807) is 0 Å². The third-order valence-corrected chi connectivity index (χ3v) is 2.63. The molecule has 1 aromatic rings. The summed E-state index contributed by atoms with van der Waals surface area (Å²) in [5.41, 5.74) is 0.553. The molecule has 1 aliphatic rings. The van der Waals surface area contributed by atoms with Crippen LogP contribution < -0.4 is 5.32 Å². The van der Waals surface area contributed by atoms with Gasteiger partial charge in [0, 0.05) is 0 Å². The Morgan fingerprint density at radius 3 is 2.60 bits per heavy atom. The summed E-state index contributed by atoms with van der Waals surface area (Å²) >= 11 is 0. The first-order valence-corrected chi connectivity index (χ1v) is 5.09. The molecule has 1 fully saturated rings. The monoisotopic (exact) mass is 205 g/mol. The van der Waals surface area contributed by atoms with Crippen LogP contribution in [0.15, 0.2) is 30.3 Å². The van der Waals surface area contributed by atoms with E-state index in [1.807, 2.05) is 44.2 Å². The van der Waals surface area contributed by atoms with Crippen LogP contribution in [0.5, 0.6) is 0 Å². The minimum Gasteiger partial charge on any atom is -0.462 e. The molecule has 0 spiro atoms. The maximum Gasteiger partial charge on any atom is 0.325 e. The van der Waals surface area contributed by atoms with E-state index in [0.29, 0.717) is 6.61 Å².